The molecule has 3 nitrogen and oxygen atoms in total. The second-order valence-corrected chi connectivity index (χ2v) is 5.51. The fourth-order valence-electron chi connectivity index (χ4n) is 2.28. The molecule has 0 saturated carbocycles. The molecule has 0 spiro atoms. The molecule has 1 aromatic heterocycles. The van der Waals surface area contributed by atoms with Gasteiger partial charge in [0.05, 0.1) is 7.11 Å². The van der Waals surface area contributed by atoms with E-state index in [2.05, 4.69) is 50.5 Å². The fraction of sp³-hybridized carbons (Fsp3) is 0.125. The van der Waals surface area contributed by atoms with Crippen molar-refractivity contribution < 1.29 is 4.74 Å². The third kappa shape index (κ3) is 2.65. The van der Waals surface area contributed by atoms with E-state index in [1.54, 1.807) is 7.11 Å². The lowest BCUT2D eigenvalue weighted by molar-refractivity contribution is 0.414. The molecule has 0 aliphatic heterocycles. The van der Waals surface area contributed by atoms with Crippen LogP contribution in [0.2, 0.25) is 0 Å². The van der Waals surface area contributed by atoms with Crippen LogP contribution in [-0.2, 0) is 6.54 Å². The highest BCUT2D eigenvalue weighted by Gasteiger charge is 2.03. The SMILES string of the molecule is COc1cc(Br)cc(NCc2cccc3[nH]ccc23)c1. The zero-order valence-electron chi connectivity index (χ0n) is 11.1. The van der Waals surface area contributed by atoms with Gasteiger partial charge in [0.25, 0.3) is 0 Å². The van der Waals surface area contributed by atoms with Gasteiger partial charge in [0, 0.05) is 39.9 Å². The van der Waals surface area contributed by atoms with Crippen molar-refractivity contribution in [2.75, 3.05) is 12.4 Å². The van der Waals surface area contributed by atoms with Crippen LogP contribution in [0.3, 0.4) is 0 Å². The number of rotatable bonds is 4. The van der Waals surface area contributed by atoms with Crippen LogP contribution in [-0.4, -0.2) is 12.1 Å². The minimum Gasteiger partial charge on any atom is -0.497 e. The average molecular weight is 331 g/mol. The topological polar surface area (TPSA) is 37.0 Å². The Labute approximate surface area is 126 Å². The molecule has 0 amide bonds. The number of aromatic nitrogens is 1. The molecule has 0 aliphatic rings. The van der Waals surface area contributed by atoms with Gasteiger partial charge in [-0.1, -0.05) is 28.1 Å². The third-order valence-electron chi connectivity index (χ3n) is 3.28. The molecule has 102 valence electrons. The second kappa shape index (κ2) is 5.59. The Morgan fingerprint density at radius 1 is 1.20 bits per heavy atom. The van der Waals surface area contributed by atoms with Gasteiger partial charge < -0.3 is 15.0 Å². The summed E-state index contributed by atoms with van der Waals surface area (Å²) in [5, 5.41) is 4.69. The van der Waals surface area contributed by atoms with Crippen molar-refractivity contribution in [2.24, 2.45) is 0 Å². The monoisotopic (exact) mass is 330 g/mol. The first kappa shape index (κ1) is 13.1. The van der Waals surface area contributed by atoms with Crippen LogP contribution < -0.4 is 10.1 Å². The molecule has 1 heterocycles. The highest BCUT2D eigenvalue weighted by atomic mass is 79.9. The van der Waals surface area contributed by atoms with Gasteiger partial charge in [0.2, 0.25) is 0 Å². The highest BCUT2D eigenvalue weighted by molar-refractivity contribution is 9.10. The van der Waals surface area contributed by atoms with Crippen LogP contribution in [0.1, 0.15) is 5.56 Å². The first-order chi connectivity index (χ1) is 9.76. The molecule has 0 fully saturated rings. The fourth-order valence-corrected chi connectivity index (χ4v) is 2.76. The van der Waals surface area contributed by atoms with Crippen molar-refractivity contribution in [3.63, 3.8) is 0 Å². The normalized spacial score (nSPS) is 10.7. The highest BCUT2D eigenvalue weighted by Crippen LogP contribution is 2.25. The Morgan fingerprint density at radius 2 is 2.10 bits per heavy atom. The van der Waals surface area contributed by atoms with Gasteiger partial charge in [-0.25, -0.2) is 0 Å². The van der Waals surface area contributed by atoms with Crippen molar-refractivity contribution in [3.05, 3.63) is 58.7 Å². The van der Waals surface area contributed by atoms with Gasteiger partial charge >= 0.3 is 0 Å². The Hall–Kier alpha value is -1.94. The van der Waals surface area contributed by atoms with Gasteiger partial charge in [-0.2, -0.15) is 0 Å². The molecule has 20 heavy (non-hydrogen) atoms. The summed E-state index contributed by atoms with van der Waals surface area (Å²) in [6.07, 6.45) is 1.97. The van der Waals surface area contributed by atoms with E-state index in [0.29, 0.717) is 0 Å². The molecule has 4 heteroatoms. The summed E-state index contributed by atoms with van der Waals surface area (Å²) >= 11 is 3.49. The summed E-state index contributed by atoms with van der Waals surface area (Å²) in [5.74, 6) is 0.835. The smallest absolute Gasteiger partial charge is 0.122 e. The van der Waals surface area contributed by atoms with Crippen molar-refractivity contribution >= 4 is 32.5 Å². The molecule has 3 aromatic rings. The van der Waals surface area contributed by atoms with Crippen molar-refractivity contribution in [1.82, 2.24) is 4.98 Å². The molecule has 2 N–H and O–H groups in total. The Morgan fingerprint density at radius 3 is 2.95 bits per heavy atom. The predicted octanol–water partition coefficient (Wildman–Crippen LogP) is 4.55. The lowest BCUT2D eigenvalue weighted by Crippen LogP contribution is -2.00. The number of H-pyrrole nitrogens is 1. The van der Waals surface area contributed by atoms with Crippen LogP contribution in [0.25, 0.3) is 10.9 Å². The van der Waals surface area contributed by atoms with Gasteiger partial charge in [-0.15, -0.1) is 0 Å². The third-order valence-corrected chi connectivity index (χ3v) is 3.73. The maximum absolute atomic E-state index is 5.27. The predicted molar refractivity (Wildman–Crippen MR) is 86.3 cm³/mol. The molecule has 0 unspecified atom stereocenters. The van der Waals surface area contributed by atoms with E-state index in [-0.39, 0.29) is 0 Å². The summed E-state index contributed by atoms with van der Waals surface area (Å²) in [6, 6.07) is 14.4. The number of aromatic amines is 1. The van der Waals surface area contributed by atoms with E-state index in [1.165, 1.54) is 10.9 Å². The van der Waals surface area contributed by atoms with E-state index >= 15 is 0 Å². The van der Waals surface area contributed by atoms with Crippen molar-refractivity contribution in [3.8, 4) is 5.75 Å². The summed E-state index contributed by atoms with van der Waals surface area (Å²) in [5.41, 5.74) is 3.46. The molecular formula is C16H15BrN2O. The van der Waals surface area contributed by atoms with E-state index in [0.717, 1.165) is 28.0 Å². The first-order valence-electron chi connectivity index (χ1n) is 6.40. The minimum atomic E-state index is 0.773. The number of anilines is 1. The molecule has 0 aliphatic carbocycles. The second-order valence-electron chi connectivity index (χ2n) is 4.59. The quantitative estimate of drug-likeness (QED) is 0.736. The number of benzene rings is 2. The number of hydrogen-bond acceptors (Lipinski definition) is 2. The number of nitrogens with one attached hydrogen (secondary N) is 2. The van der Waals surface area contributed by atoms with Gasteiger partial charge in [0.1, 0.15) is 5.75 Å². The number of hydrogen-bond donors (Lipinski definition) is 2. The molecule has 2 aromatic carbocycles. The number of fused-ring (bicyclic) bond motifs is 1. The lowest BCUT2D eigenvalue weighted by atomic mass is 10.1. The molecule has 0 bridgehead atoms. The summed E-state index contributed by atoms with van der Waals surface area (Å²) in [6.45, 7) is 0.773. The average Bonchev–Trinajstić information content (AvgIpc) is 2.93. The maximum atomic E-state index is 5.27. The van der Waals surface area contributed by atoms with Crippen LogP contribution in [0, 0.1) is 0 Å². The molecule has 0 atom stereocenters. The van der Waals surface area contributed by atoms with E-state index in [9.17, 15) is 0 Å². The summed E-state index contributed by atoms with van der Waals surface area (Å²) in [4.78, 5) is 3.23. The van der Waals surface area contributed by atoms with Crippen molar-refractivity contribution in [2.45, 2.75) is 6.54 Å². The molecule has 0 saturated heterocycles. The summed E-state index contributed by atoms with van der Waals surface area (Å²) in [7, 11) is 1.67. The maximum Gasteiger partial charge on any atom is 0.122 e. The Kier molecular flexibility index (Phi) is 3.65. The van der Waals surface area contributed by atoms with E-state index < -0.39 is 0 Å². The van der Waals surface area contributed by atoms with Crippen LogP contribution in [0.5, 0.6) is 5.75 Å². The van der Waals surface area contributed by atoms with E-state index in [1.807, 2.05) is 24.4 Å². The molecule has 3 rings (SSSR count). The van der Waals surface area contributed by atoms with Crippen LogP contribution in [0.15, 0.2) is 53.1 Å². The van der Waals surface area contributed by atoms with Crippen LogP contribution in [0.4, 0.5) is 5.69 Å². The Bertz CT molecular complexity index is 736. The van der Waals surface area contributed by atoms with Gasteiger partial charge in [0.15, 0.2) is 0 Å². The summed E-state index contributed by atoms with van der Waals surface area (Å²) < 4.78 is 6.27. The number of halogens is 1. The lowest BCUT2D eigenvalue weighted by Gasteiger charge is -2.10. The Balaban J connectivity index is 1.82. The zero-order valence-corrected chi connectivity index (χ0v) is 12.7. The number of methoxy groups -OCH3 is 1. The molecular weight excluding hydrogens is 316 g/mol. The first-order valence-corrected chi connectivity index (χ1v) is 7.19. The van der Waals surface area contributed by atoms with Crippen molar-refractivity contribution in [1.29, 1.82) is 0 Å². The number of ether oxygens (including phenoxy) is 1. The van der Waals surface area contributed by atoms with Gasteiger partial charge in [-0.05, 0) is 29.8 Å². The molecule has 0 radical (unpaired) electrons. The van der Waals surface area contributed by atoms with E-state index in [4.69, 9.17) is 4.74 Å². The minimum absolute atomic E-state index is 0.773. The zero-order chi connectivity index (χ0) is 13.9. The largest absolute Gasteiger partial charge is 0.497 e. The standard InChI is InChI=1S/C16H15BrN2O/c1-20-14-8-12(17)7-13(9-14)19-10-11-3-2-4-16-15(11)5-6-18-16/h2-9,18-19H,10H2,1H3. The van der Waals surface area contributed by atoms with Gasteiger partial charge in [-0.3, -0.25) is 0 Å². The van der Waals surface area contributed by atoms with Crippen LogP contribution >= 0.6 is 15.9 Å².